The highest BCUT2D eigenvalue weighted by molar-refractivity contribution is 14.1. The molecule has 0 saturated carbocycles. The Labute approximate surface area is 106 Å². The Kier molecular flexibility index (Phi) is 4.08. The number of hydrogen-bond donors (Lipinski definition) is 1. The molecule has 0 bridgehead atoms. The molecule has 6 nitrogen and oxygen atoms in total. The molecule has 0 aliphatic rings. The van der Waals surface area contributed by atoms with E-state index in [1.165, 1.54) is 22.6 Å². The number of nitrogens with zero attached hydrogens (tertiary/aromatic N) is 2. The summed E-state index contributed by atoms with van der Waals surface area (Å²) in [5.74, 6) is -1.60. The van der Waals surface area contributed by atoms with Gasteiger partial charge in [-0.25, -0.2) is 0 Å². The van der Waals surface area contributed by atoms with Crippen molar-refractivity contribution in [3.8, 4) is 5.88 Å². The summed E-state index contributed by atoms with van der Waals surface area (Å²) in [7, 11) is 0. The quantitative estimate of drug-likeness (QED) is 0.504. The molecule has 1 rings (SSSR count). The number of halogens is 4. The molecule has 0 aromatic carbocycles. The molecule has 0 amide bonds. The summed E-state index contributed by atoms with van der Waals surface area (Å²) in [5.41, 5.74) is 5.26. The van der Waals surface area contributed by atoms with Crippen molar-refractivity contribution < 1.29 is 22.8 Å². The van der Waals surface area contributed by atoms with Gasteiger partial charge in [-0.15, -0.1) is 13.2 Å². The van der Waals surface area contributed by atoms with Gasteiger partial charge in [0, 0.05) is 11.5 Å². The van der Waals surface area contributed by atoms with Crippen LogP contribution in [0.2, 0.25) is 0 Å². The van der Waals surface area contributed by atoms with Crippen LogP contribution in [-0.2, 0) is 6.54 Å². The molecule has 17 heavy (non-hydrogen) atoms. The molecule has 1 heterocycles. The largest absolute Gasteiger partial charge is 0.575 e. The van der Waals surface area contributed by atoms with Crippen LogP contribution >= 0.6 is 22.6 Å². The molecular weight excluding hydrogens is 358 g/mol. The maximum atomic E-state index is 12.0. The maximum Gasteiger partial charge on any atom is 0.575 e. The van der Waals surface area contributed by atoms with Gasteiger partial charge in [0.15, 0.2) is 0 Å². The highest BCUT2D eigenvalue weighted by Gasteiger charge is 2.36. The molecule has 1 aromatic rings. The topological polar surface area (TPSA) is 91.3 Å². The van der Waals surface area contributed by atoms with Crippen molar-refractivity contribution in [2.24, 2.45) is 5.73 Å². The summed E-state index contributed by atoms with van der Waals surface area (Å²) in [4.78, 5) is 12.8. The van der Waals surface area contributed by atoms with E-state index in [1.807, 2.05) is 0 Å². The van der Waals surface area contributed by atoms with E-state index in [1.54, 1.807) is 0 Å². The maximum absolute atomic E-state index is 12.0. The number of rotatable bonds is 3. The lowest BCUT2D eigenvalue weighted by molar-refractivity contribution is -0.390. The Balaban J connectivity index is 3.25. The molecule has 2 N–H and O–H groups in total. The number of hydrogen-bond acceptors (Lipinski definition) is 5. The Morgan fingerprint density at radius 2 is 2.18 bits per heavy atom. The van der Waals surface area contributed by atoms with Gasteiger partial charge in [-0.1, -0.05) is 0 Å². The van der Waals surface area contributed by atoms with E-state index in [2.05, 4.69) is 9.72 Å². The van der Waals surface area contributed by atoms with Gasteiger partial charge < -0.3 is 20.6 Å². The summed E-state index contributed by atoms with van der Waals surface area (Å²) >= 11 is 1.52. The van der Waals surface area contributed by atoms with Crippen LogP contribution in [0.1, 0.15) is 5.56 Å². The van der Waals surface area contributed by atoms with Crippen molar-refractivity contribution in [2.75, 3.05) is 0 Å². The van der Waals surface area contributed by atoms with Crippen LogP contribution in [0.4, 0.5) is 19.0 Å². The molecule has 94 valence electrons. The smallest absolute Gasteiger partial charge is 0.366 e. The van der Waals surface area contributed by atoms with Crippen LogP contribution in [0.15, 0.2) is 6.07 Å². The number of aromatic nitrogens is 1. The third-order valence-corrected chi connectivity index (χ3v) is 2.38. The fraction of sp³-hybridized carbons (Fsp3) is 0.286. The second-order valence-electron chi connectivity index (χ2n) is 2.77. The van der Waals surface area contributed by atoms with Crippen LogP contribution in [0, 0.1) is 13.7 Å². The fourth-order valence-corrected chi connectivity index (χ4v) is 1.60. The molecule has 0 unspecified atom stereocenters. The zero-order valence-electron chi connectivity index (χ0n) is 7.99. The lowest BCUT2D eigenvalue weighted by atomic mass is 10.2. The monoisotopic (exact) mass is 363 g/mol. The number of ether oxygens (including phenoxy) is 1. The van der Waals surface area contributed by atoms with Crippen LogP contribution in [0.25, 0.3) is 0 Å². The normalized spacial score (nSPS) is 11.4. The SMILES string of the molecule is NCc1cc(I)c(OC(F)(F)F)nc1[N+](=O)[O-]. The van der Waals surface area contributed by atoms with Gasteiger partial charge in [0.05, 0.1) is 5.56 Å². The minimum absolute atomic E-state index is 0.00836. The van der Waals surface area contributed by atoms with E-state index < -0.39 is 23.0 Å². The van der Waals surface area contributed by atoms with Crippen molar-refractivity contribution >= 4 is 28.4 Å². The van der Waals surface area contributed by atoms with Crippen LogP contribution in [-0.4, -0.2) is 16.3 Å². The molecule has 0 fully saturated rings. The third kappa shape index (κ3) is 3.66. The molecule has 0 spiro atoms. The van der Waals surface area contributed by atoms with Gasteiger partial charge in [-0.05, 0) is 33.6 Å². The summed E-state index contributed by atoms with van der Waals surface area (Å²) < 4.78 is 39.5. The summed E-state index contributed by atoms with van der Waals surface area (Å²) in [6, 6.07) is 1.13. The predicted molar refractivity (Wildman–Crippen MR) is 58.2 cm³/mol. The average Bonchev–Trinajstić information content (AvgIpc) is 2.18. The van der Waals surface area contributed by atoms with Crippen molar-refractivity contribution in [3.05, 3.63) is 25.3 Å². The molecule has 0 aliphatic carbocycles. The zero-order valence-corrected chi connectivity index (χ0v) is 10.2. The molecule has 0 atom stereocenters. The highest BCUT2D eigenvalue weighted by atomic mass is 127. The van der Waals surface area contributed by atoms with Crippen molar-refractivity contribution in [1.29, 1.82) is 0 Å². The van der Waals surface area contributed by atoms with Gasteiger partial charge in [-0.3, -0.25) is 0 Å². The standard InChI is InChI=1S/C7H5F3IN3O3/c8-7(9,10)17-6-4(11)1-3(2-12)5(13-6)14(15)16/h1H,2,12H2. The van der Waals surface area contributed by atoms with Gasteiger partial charge >= 0.3 is 18.1 Å². The van der Waals surface area contributed by atoms with Crippen molar-refractivity contribution in [1.82, 2.24) is 4.98 Å². The Hall–Kier alpha value is -1.17. The lowest BCUT2D eigenvalue weighted by Gasteiger charge is -2.07. The second-order valence-corrected chi connectivity index (χ2v) is 3.93. The summed E-state index contributed by atoms with van der Waals surface area (Å²) in [6.45, 7) is -0.203. The lowest BCUT2D eigenvalue weighted by Crippen LogP contribution is -2.19. The number of pyridine rings is 1. The zero-order chi connectivity index (χ0) is 13.2. The summed E-state index contributed by atoms with van der Waals surface area (Å²) in [6.07, 6.45) is -4.95. The second kappa shape index (κ2) is 5.00. The average molecular weight is 363 g/mol. The minimum atomic E-state index is -4.95. The summed E-state index contributed by atoms with van der Waals surface area (Å²) in [5, 5.41) is 10.6. The van der Waals surface area contributed by atoms with Crippen LogP contribution < -0.4 is 10.5 Å². The van der Waals surface area contributed by atoms with Crippen molar-refractivity contribution in [3.63, 3.8) is 0 Å². The molecule has 0 aliphatic heterocycles. The van der Waals surface area contributed by atoms with Gasteiger partial charge in [-0.2, -0.15) is 0 Å². The van der Waals surface area contributed by atoms with E-state index in [4.69, 9.17) is 5.73 Å². The number of nitro groups is 1. The van der Waals surface area contributed by atoms with E-state index in [9.17, 15) is 23.3 Å². The van der Waals surface area contributed by atoms with E-state index in [0.29, 0.717) is 0 Å². The van der Waals surface area contributed by atoms with Crippen molar-refractivity contribution in [2.45, 2.75) is 12.9 Å². The Bertz CT molecular complexity index is 452. The molecular formula is C7H5F3IN3O3. The fourth-order valence-electron chi connectivity index (χ4n) is 0.990. The van der Waals surface area contributed by atoms with Gasteiger partial charge in [0.25, 0.3) is 0 Å². The first-order valence-electron chi connectivity index (χ1n) is 4.04. The van der Waals surface area contributed by atoms with E-state index in [-0.39, 0.29) is 15.7 Å². The van der Waals surface area contributed by atoms with E-state index >= 15 is 0 Å². The van der Waals surface area contributed by atoms with Gasteiger partial charge in [0.2, 0.25) is 0 Å². The minimum Gasteiger partial charge on any atom is -0.366 e. The van der Waals surface area contributed by atoms with Crippen LogP contribution in [0.5, 0.6) is 5.88 Å². The molecule has 0 saturated heterocycles. The molecule has 0 radical (unpaired) electrons. The van der Waals surface area contributed by atoms with Gasteiger partial charge in [0.1, 0.15) is 3.57 Å². The Morgan fingerprint density at radius 3 is 2.59 bits per heavy atom. The number of alkyl halides is 3. The first-order valence-corrected chi connectivity index (χ1v) is 5.12. The molecule has 1 aromatic heterocycles. The number of nitrogens with two attached hydrogens (primary N) is 1. The highest BCUT2D eigenvalue weighted by Crippen LogP contribution is 2.29. The Morgan fingerprint density at radius 1 is 1.59 bits per heavy atom. The third-order valence-electron chi connectivity index (χ3n) is 1.61. The predicted octanol–water partition coefficient (Wildman–Crippen LogP) is 1.95. The van der Waals surface area contributed by atoms with Crippen LogP contribution in [0.3, 0.4) is 0 Å². The van der Waals surface area contributed by atoms with E-state index in [0.717, 1.165) is 6.07 Å². The molecule has 10 heteroatoms. The first-order chi connectivity index (χ1) is 7.74. The first kappa shape index (κ1) is 13.9.